The van der Waals surface area contributed by atoms with E-state index in [0.717, 1.165) is 17.1 Å². The number of hydrogen-bond donors (Lipinski definition) is 0. The number of nitrogens with zero attached hydrogens (tertiary/aromatic N) is 2. The number of hydrogen-bond acceptors (Lipinski definition) is 3. The molecule has 0 aliphatic heterocycles. The fourth-order valence-corrected chi connectivity index (χ4v) is 7.89. The normalized spacial score (nSPS) is 11.5. The summed E-state index contributed by atoms with van der Waals surface area (Å²) in [5.74, 6) is 0. The van der Waals surface area contributed by atoms with Crippen LogP contribution in [-0.4, -0.2) is 4.98 Å². The summed E-state index contributed by atoms with van der Waals surface area (Å²) in [6, 6.07) is 57.1. The third kappa shape index (κ3) is 4.44. The molecule has 46 heavy (non-hydrogen) atoms. The topological polar surface area (TPSA) is 16.1 Å². The zero-order valence-corrected chi connectivity index (χ0v) is 25.8. The Bertz CT molecular complexity index is 2510. The highest BCUT2D eigenvalue weighted by molar-refractivity contribution is 7.25. The van der Waals surface area contributed by atoms with E-state index in [1.165, 1.54) is 64.0 Å². The van der Waals surface area contributed by atoms with E-state index in [4.69, 9.17) is 0 Å². The van der Waals surface area contributed by atoms with Gasteiger partial charge in [-0.15, -0.1) is 11.3 Å². The smallest absolute Gasteiger partial charge is 0.0554 e. The molecule has 2 heterocycles. The van der Waals surface area contributed by atoms with Gasteiger partial charge >= 0.3 is 0 Å². The highest BCUT2D eigenvalue weighted by Crippen LogP contribution is 2.45. The van der Waals surface area contributed by atoms with E-state index >= 15 is 0 Å². The molecule has 0 fully saturated rings. The Labute approximate surface area is 271 Å². The summed E-state index contributed by atoms with van der Waals surface area (Å²) in [7, 11) is 0. The SMILES string of the molecule is c1ccc(-c2ccc(N(c3ccc(-c4cc5ccccc5c5ccccc45)cc3)c3cccc4sc5cnccc5c34)cc2)cc1. The minimum absolute atomic E-state index is 1.11. The fourth-order valence-electron chi connectivity index (χ4n) is 6.79. The van der Waals surface area contributed by atoms with Crippen molar-refractivity contribution < 1.29 is 0 Å². The van der Waals surface area contributed by atoms with Crippen LogP contribution in [0.1, 0.15) is 0 Å². The van der Waals surface area contributed by atoms with Crippen LogP contribution in [0.25, 0.3) is 64.0 Å². The number of fused-ring (bicyclic) bond motifs is 6. The Balaban J connectivity index is 1.22. The van der Waals surface area contributed by atoms with Gasteiger partial charge in [-0.2, -0.15) is 0 Å². The summed E-state index contributed by atoms with van der Waals surface area (Å²) in [5.41, 5.74) is 8.26. The van der Waals surface area contributed by atoms with Gasteiger partial charge in [-0.3, -0.25) is 4.98 Å². The maximum absolute atomic E-state index is 4.41. The number of thiophene rings is 1. The Kier molecular flexibility index (Phi) is 6.36. The average molecular weight is 605 g/mol. The summed E-state index contributed by atoms with van der Waals surface area (Å²) in [6.45, 7) is 0. The van der Waals surface area contributed by atoms with E-state index in [1.807, 2.05) is 12.4 Å². The molecule has 0 unspecified atom stereocenters. The molecule has 0 radical (unpaired) electrons. The van der Waals surface area contributed by atoms with Gasteiger partial charge < -0.3 is 4.90 Å². The first kappa shape index (κ1) is 26.6. The van der Waals surface area contributed by atoms with Gasteiger partial charge in [0.1, 0.15) is 0 Å². The summed E-state index contributed by atoms with van der Waals surface area (Å²) in [4.78, 5) is 6.81. The first-order chi connectivity index (χ1) is 22.8. The molecule has 9 rings (SSSR count). The third-order valence-electron chi connectivity index (χ3n) is 8.96. The quantitative estimate of drug-likeness (QED) is 0.182. The molecule has 0 amide bonds. The van der Waals surface area contributed by atoms with Crippen molar-refractivity contribution in [2.45, 2.75) is 0 Å². The van der Waals surface area contributed by atoms with Crippen LogP contribution in [0.4, 0.5) is 17.1 Å². The number of anilines is 3. The van der Waals surface area contributed by atoms with Crippen LogP contribution in [0.15, 0.2) is 170 Å². The summed E-state index contributed by atoms with van der Waals surface area (Å²) in [6.07, 6.45) is 3.87. The van der Waals surface area contributed by atoms with Crippen LogP contribution in [0.3, 0.4) is 0 Å². The van der Waals surface area contributed by atoms with Gasteiger partial charge in [-0.1, -0.05) is 109 Å². The Morgan fingerprint density at radius 1 is 0.457 bits per heavy atom. The molecule has 0 bridgehead atoms. The van der Waals surface area contributed by atoms with Crippen LogP contribution in [0.5, 0.6) is 0 Å². The molecule has 0 saturated carbocycles. The molecule has 0 atom stereocenters. The van der Waals surface area contributed by atoms with Crippen molar-refractivity contribution in [1.82, 2.24) is 4.98 Å². The van der Waals surface area contributed by atoms with Crippen molar-refractivity contribution >= 4 is 70.1 Å². The molecular weight excluding hydrogens is 577 g/mol. The van der Waals surface area contributed by atoms with E-state index in [9.17, 15) is 0 Å². The highest BCUT2D eigenvalue weighted by atomic mass is 32.1. The van der Waals surface area contributed by atoms with Gasteiger partial charge in [0.15, 0.2) is 0 Å². The van der Waals surface area contributed by atoms with Crippen LogP contribution in [-0.2, 0) is 0 Å². The lowest BCUT2D eigenvalue weighted by molar-refractivity contribution is 1.30. The van der Waals surface area contributed by atoms with Crippen LogP contribution in [0.2, 0.25) is 0 Å². The average Bonchev–Trinajstić information content (AvgIpc) is 3.52. The van der Waals surface area contributed by atoms with Gasteiger partial charge in [0.05, 0.1) is 10.4 Å². The molecule has 0 N–H and O–H groups in total. The largest absolute Gasteiger partial charge is 0.310 e. The second-order valence-electron chi connectivity index (χ2n) is 11.6. The van der Waals surface area contributed by atoms with Gasteiger partial charge in [0.2, 0.25) is 0 Å². The van der Waals surface area contributed by atoms with Gasteiger partial charge in [-0.25, -0.2) is 0 Å². The van der Waals surface area contributed by atoms with E-state index in [0.29, 0.717) is 0 Å². The lowest BCUT2D eigenvalue weighted by atomic mass is 9.93. The number of aromatic nitrogens is 1. The predicted octanol–water partition coefficient (Wildman–Crippen LogP) is 12.6. The number of rotatable bonds is 5. The molecule has 0 saturated heterocycles. The Morgan fingerprint density at radius 3 is 1.89 bits per heavy atom. The van der Waals surface area contributed by atoms with Crippen LogP contribution >= 0.6 is 11.3 Å². The standard InChI is InChI=1S/C43H28N2S/c1-2-9-29(10-3-1)30-17-21-33(22-18-30)45(40-15-8-16-41-43(40)38-25-26-44-28-42(38)46-41)34-23-19-31(20-24-34)39-27-32-11-4-5-12-35(32)36-13-6-7-14-37(36)39/h1-28H. The molecule has 0 aliphatic carbocycles. The van der Waals surface area contributed by atoms with Gasteiger partial charge in [0, 0.05) is 39.2 Å². The second kappa shape index (κ2) is 11.0. The third-order valence-corrected chi connectivity index (χ3v) is 10.1. The predicted molar refractivity (Wildman–Crippen MR) is 198 cm³/mol. The zero-order chi connectivity index (χ0) is 30.5. The Hall–Kier alpha value is -5.77. The minimum Gasteiger partial charge on any atom is -0.310 e. The van der Waals surface area contributed by atoms with E-state index < -0.39 is 0 Å². The fraction of sp³-hybridized carbons (Fsp3) is 0. The summed E-state index contributed by atoms with van der Waals surface area (Å²) >= 11 is 1.80. The van der Waals surface area contributed by atoms with Crippen molar-refractivity contribution in [3.63, 3.8) is 0 Å². The van der Waals surface area contributed by atoms with Crippen molar-refractivity contribution in [2.24, 2.45) is 0 Å². The molecule has 0 spiro atoms. The molecule has 0 aliphatic rings. The molecular formula is C43H28N2S. The zero-order valence-electron chi connectivity index (χ0n) is 25.0. The van der Waals surface area contributed by atoms with Crippen molar-refractivity contribution in [3.05, 3.63) is 170 Å². The maximum atomic E-state index is 4.41. The lowest BCUT2D eigenvalue weighted by Crippen LogP contribution is -2.10. The molecule has 3 heteroatoms. The van der Waals surface area contributed by atoms with Crippen molar-refractivity contribution in [3.8, 4) is 22.3 Å². The minimum atomic E-state index is 1.11. The van der Waals surface area contributed by atoms with E-state index in [-0.39, 0.29) is 0 Å². The number of benzene rings is 7. The monoisotopic (exact) mass is 604 g/mol. The Morgan fingerprint density at radius 2 is 1.11 bits per heavy atom. The molecule has 7 aromatic carbocycles. The van der Waals surface area contributed by atoms with E-state index in [2.05, 4.69) is 168 Å². The van der Waals surface area contributed by atoms with Crippen molar-refractivity contribution in [2.75, 3.05) is 4.90 Å². The molecule has 216 valence electrons. The van der Waals surface area contributed by atoms with Crippen LogP contribution in [0, 0.1) is 0 Å². The second-order valence-corrected chi connectivity index (χ2v) is 12.7. The maximum Gasteiger partial charge on any atom is 0.0554 e. The van der Waals surface area contributed by atoms with Crippen LogP contribution < -0.4 is 4.90 Å². The molecule has 2 nitrogen and oxygen atoms in total. The highest BCUT2D eigenvalue weighted by Gasteiger charge is 2.19. The van der Waals surface area contributed by atoms with Gasteiger partial charge in [-0.05, 0) is 92.3 Å². The van der Waals surface area contributed by atoms with E-state index in [1.54, 1.807) is 11.3 Å². The molecule has 2 aromatic heterocycles. The van der Waals surface area contributed by atoms with Gasteiger partial charge in [0.25, 0.3) is 0 Å². The summed E-state index contributed by atoms with van der Waals surface area (Å²) in [5, 5.41) is 7.58. The first-order valence-electron chi connectivity index (χ1n) is 15.5. The lowest BCUT2D eigenvalue weighted by Gasteiger charge is -2.27. The molecule has 9 aromatic rings. The number of pyridine rings is 1. The van der Waals surface area contributed by atoms with Crippen molar-refractivity contribution in [1.29, 1.82) is 0 Å². The summed E-state index contributed by atoms with van der Waals surface area (Å²) < 4.78 is 2.45. The first-order valence-corrected chi connectivity index (χ1v) is 16.4.